The molecule has 8 nitrogen and oxygen atoms in total. The largest absolute Gasteiger partial charge is 0.493 e. The molecule has 5 rings (SSSR count). The number of amides is 1. The van der Waals surface area contributed by atoms with Crippen LogP contribution in [0.2, 0.25) is 0 Å². The number of aromatic nitrogens is 2. The minimum absolute atomic E-state index is 0.00283. The van der Waals surface area contributed by atoms with Crippen LogP contribution >= 0.6 is 0 Å². The molecule has 1 amide bonds. The first kappa shape index (κ1) is 19.5. The normalized spacial score (nSPS) is 11.8. The van der Waals surface area contributed by atoms with E-state index in [2.05, 4.69) is 31.9 Å². The van der Waals surface area contributed by atoms with E-state index < -0.39 is 11.9 Å². The average molecular weight is 426 g/mol. The van der Waals surface area contributed by atoms with Crippen LogP contribution in [-0.4, -0.2) is 31.6 Å². The van der Waals surface area contributed by atoms with Gasteiger partial charge in [-0.25, -0.2) is 4.79 Å². The van der Waals surface area contributed by atoms with Crippen molar-refractivity contribution in [2.24, 2.45) is 10.2 Å². The molecule has 2 aromatic heterocycles. The molecule has 8 heteroatoms. The maximum atomic E-state index is 12.5. The Bertz CT molecular complexity index is 1490. The van der Waals surface area contributed by atoms with Gasteiger partial charge in [-0.3, -0.25) is 4.79 Å². The fraction of sp³-hybridized carbons (Fsp3) is 0.0833. The molecule has 0 saturated heterocycles. The summed E-state index contributed by atoms with van der Waals surface area (Å²) < 4.78 is 2.08. The number of nitrogens with zero attached hydrogens (tertiary/aromatic N) is 3. The average Bonchev–Trinajstić information content (AvgIpc) is 3.30. The Morgan fingerprint density at radius 2 is 1.50 bits per heavy atom. The molecule has 0 unspecified atom stereocenters. The zero-order valence-corrected chi connectivity index (χ0v) is 16.8. The van der Waals surface area contributed by atoms with Gasteiger partial charge < -0.3 is 19.8 Å². The van der Waals surface area contributed by atoms with E-state index >= 15 is 0 Å². The number of aromatic carboxylic acids is 1. The van der Waals surface area contributed by atoms with Crippen LogP contribution in [0.5, 0.6) is 5.88 Å². The number of carboxylic acid groups (broad SMARTS) is 1. The second-order valence-corrected chi connectivity index (χ2v) is 7.39. The van der Waals surface area contributed by atoms with Gasteiger partial charge in [-0.05, 0) is 18.2 Å². The van der Waals surface area contributed by atoms with Crippen molar-refractivity contribution < 1.29 is 19.8 Å². The number of azo groups is 1. The lowest BCUT2D eigenvalue weighted by atomic mass is 10.1. The van der Waals surface area contributed by atoms with Crippen LogP contribution in [0, 0.1) is 0 Å². The van der Waals surface area contributed by atoms with Gasteiger partial charge in [0.1, 0.15) is 0 Å². The van der Waals surface area contributed by atoms with E-state index in [9.17, 15) is 19.8 Å². The van der Waals surface area contributed by atoms with E-state index in [-0.39, 0.29) is 29.1 Å². The SMILES string of the molecule is O=C(CCn1c2ccccc2c2ccccc21)N=Nc1c(O)[nH]c2c(C(=O)O)cccc12. The Hall–Kier alpha value is -4.46. The number of nitrogens with one attached hydrogen (secondary N) is 1. The molecule has 5 aromatic rings. The van der Waals surface area contributed by atoms with E-state index in [1.165, 1.54) is 6.07 Å². The number of para-hydroxylation sites is 3. The van der Waals surface area contributed by atoms with Crippen LogP contribution in [0.3, 0.4) is 0 Å². The number of carbonyl (C=O) groups is 2. The molecule has 2 heterocycles. The molecule has 0 aliphatic carbocycles. The first-order valence-corrected chi connectivity index (χ1v) is 10.0. The van der Waals surface area contributed by atoms with E-state index in [4.69, 9.17) is 0 Å². The third-order valence-corrected chi connectivity index (χ3v) is 5.51. The lowest BCUT2D eigenvalue weighted by molar-refractivity contribution is -0.118. The van der Waals surface area contributed by atoms with E-state index in [1.807, 2.05) is 36.4 Å². The number of fused-ring (bicyclic) bond motifs is 4. The molecule has 0 atom stereocenters. The Labute approximate surface area is 181 Å². The van der Waals surface area contributed by atoms with Gasteiger partial charge in [0.2, 0.25) is 5.88 Å². The Balaban J connectivity index is 1.41. The van der Waals surface area contributed by atoms with Crippen LogP contribution in [0.4, 0.5) is 5.69 Å². The second kappa shape index (κ2) is 7.66. The molecule has 3 N–H and O–H groups in total. The summed E-state index contributed by atoms with van der Waals surface area (Å²) in [4.78, 5) is 26.4. The molecule has 0 saturated carbocycles. The van der Waals surface area contributed by atoms with Crippen molar-refractivity contribution in [3.8, 4) is 5.88 Å². The number of carboxylic acids is 1. The van der Waals surface area contributed by atoms with Crippen molar-refractivity contribution in [1.29, 1.82) is 0 Å². The topological polar surface area (TPSA) is 120 Å². The van der Waals surface area contributed by atoms with Crippen LogP contribution in [0.25, 0.3) is 32.7 Å². The molecular weight excluding hydrogens is 408 g/mol. The predicted octanol–water partition coefficient (Wildman–Crippen LogP) is 5.38. The highest BCUT2D eigenvalue weighted by Crippen LogP contribution is 2.37. The smallest absolute Gasteiger partial charge is 0.337 e. The summed E-state index contributed by atoms with van der Waals surface area (Å²) in [5, 5.41) is 29.7. The zero-order chi connectivity index (χ0) is 22.2. The fourth-order valence-electron chi connectivity index (χ4n) is 4.08. The number of aromatic amines is 1. The highest BCUT2D eigenvalue weighted by atomic mass is 16.4. The standard InChI is InChI=1S/C24H18N4O4/c29-20(26-27-22-16-8-5-9-17(24(31)32)21(16)25-23(22)30)12-13-28-18-10-3-1-6-14(18)15-7-2-4-11-19(15)28/h1-11,25,30H,12-13H2,(H,31,32). The summed E-state index contributed by atoms with van der Waals surface area (Å²) in [6, 6.07) is 20.6. The molecule has 0 aliphatic heterocycles. The molecule has 0 spiro atoms. The third-order valence-electron chi connectivity index (χ3n) is 5.51. The van der Waals surface area contributed by atoms with Crippen molar-refractivity contribution in [3.63, 3.8) is 0 Å². The van der Waals surface area contributed by atoms with E-state index in [0.717, 1.165) is 21.8 Å². The molecule has 3 aromatic carbocycles. The summed E-state index contributed by atoms with van der Waals surface area (Å²) in [6.07, 6.45) is 0.121. The highest BCUT2D eigenvalue weighted by Gasteiger charge is 2.17. The van der Waals surface area contributed by atoms with Crippen LogP contribution in [0.15, 0.2) is 77.0 Å². The first-order chi connectivity index (χ1) is 15.5. The van der Waals surface area contributed by atoms with Crippen molar-refractivity contribution in [3.05, 3.63) is 72.3 Å². The van der Waals surface area contributed by atoms with Gasteiger partial charge in [-0.1, -0.05) is 48.5 Å². The third kappa shape index (κ3) is 3.18. The molecule has 32 heavy (non-hydrogen) atoms. The number of aryl methyl sites for hydroxylation is 1. The molecule has 0 radical (unpaired) electrons. The number of hydrogen-bond acceptors (Lipinski definition) is 4. The van der Waals surface area contributed by atoms with Crippen molar-refractivity contribution in [1.82, 2.24) is 9.55 Å². The number of H-pyrrole nitrogens is 1. The fourth-order valence-corrected chi connectivity index (χ4v) is 4.08. The van der Waals surface area contributed by atoms with Crippen LogP contribution in [0.1, 0.15) is 16.8 Å². The van der Waals surface area contributed by atoms with Crippen molar-refractivity contribution in [2.45, 2.75) is 13.0 Å². The summed E-state index contributed by atoms with van der Waals surface area (Å²) in [6.45, 7) is 0.426. The molecule has 0 fully saturated rings. The number of benzene rings is 3. The van der Waals surface area contributed by atoms with Gasteiger partial charge in [0, 0.05) is 40.2 Å². The van der Waals surface area contributed by atoms with Gasteiger partial charge in [-0.15, -0.1) is 10.2 Å². The Morgan fingerprint density at radius 1 is 0.875 bits per heavy atom. The van der Waals surface area contributed by atoms with Crippen LogP contribution < -0.4 is 0 Å². The van der Waals surface area contributed by atoms with E-state index in [1.54, 1.807) is 12.1 Å². The summed E-state index contributed by atoms with van der Waals surface area (Å²) >= 11 is 0. The van der Waals surface area contributed by atoms with Gasteiger partial charge in [0.05, 0.1) is 11.1 Å². The van der Waals surface area contributed by atoms with E-state index in [0.29, 0.717) is 11.9 Å². The minimum atomic E-state index is -1.14. The monoisotopic (exact) mass is 426 g/mol. The summed E-state index contributed by atoms with van der Waals surface area (Å²) in [7, 11) is 0. The van der Waals surface area contributed by atoms with Gasteiger partial charge in [0.15, 0.2) is 5.69 Å². The number of carbonyl (C=O) groups excluding carboxylic acids is 1. The molecule has 158 valence electrons. The van der Waals surface area contributed by atoms with Gasteiger partial charge >= 0.3 is 5.97 Å². The van der Waals surface area contributed by atoms with Crippen molar-refractivity contribution >= 4 is 50.3 Å². The van der Waals surface area contributed by atoms with Crippen LogP contribution in [-0.2, 0) is 11.3 Å². The summed E-state index contributed by atoms with van der Waals surface area (Å²) in [5.41, 5.74) is 2.33. The van der Waals surface area contributed by atoms with Crippen molar-refractivity contribution in [2.75, 3.05) is 0 Å². The van der Waals surface area contributed by atoms with Gasteiger partial charge in [-0.2, -0.15) is 0 Å². The zero-order valence-electron chi connectivity index (χ0n) is 16.8. The summed E-state index contributed by atoms with van der Waals surface area (Å²) in [5.74, 6) is -1.93. The molecular formula is C24H18N4O4. The number of rotatable bonds is 5. The Kier molecular flexibility index (Phi) is 4.67. The Morgan fingerprint density at radius 3 is 2.16 bits per heavy atom. The lowest BCUT2D eigenvalue weighted by Crippen LogP contribution is -2.03. The predicted molar refractivity (Wildman–Crippen MR) is 121 cm³/mol. The van der Waals surface area contributed by atoms with Gasteiger partial charge in [0.25, 0.3) is 5.91 Å². The molecule has 0 aliphatic rings. The number of aromatic hydroxyl groups is 1. The quantitative estimate of drug-likeness (QED) is 0.327. The maximum Gasteiger partial charge on any atom is 0.337 e. The maximum absolute atomic E-state index is 12.5. The number of hydrogen-bond donors (Lipinski definition) is 3. The minimum Gasteiger partial charge on any atom is -0.493 e. The molecule has 0 bridgehead atoms. The first-order valence-electron chi connectivity index (χ1n) is 10.0. The second-order valence-electron chi connectivity index (χ2n) is 7.39. The lowest BCUT2D eigenvalue weighted by Gasteiger charge is -2.05. The highest BCUT2D eigenvalue weighted by molar-refractivity contribution is 6.08.